The summed E-state index contributed by atoms with van der Waals surface area (Å²) in [5.41, 5.74) is 0.349. The van der Waals surface area contributed by atoms with Crippen LogP contribution >= 0.6 is 0 Å². The van der Waals surface area contributed by atoms with E-state index < -0.39 is 5.82 Å². The van der Waals surface area contributed by atoms with E-state index in [0.717, 1.165) is 4.90 Å². The summed E-state index contributed by atoms with van der Waals surface area (Å²) in [7, 11) is 0. The minimum absolute atomic E-state index is 0.0165. The maximum absolute atomic E-state index is 13.7. The molecule has 0 aromatic heterocycles. The molecule has 2 fully saturated rings. The third-order valence-electron chi connectivity index (χ3n) is 4.73. The Kier molecular flexibility index (Phi) is 5.29. The molecule has 4 amide bonds. The predicted molar refractivity (Wildman–Crippen MR) is 89.2 cm³/mol. The van der Waals surface area contributed by atoms with Gasteiger partial charge in [-0.25, -0.2) is 4.39 Å². The molecule has 2 saturated heterocycles. The number of hydrogen-bond donors (Lipinski definition) is 0. The molecule has 0 aliphatic carbocycles. The second kappa shape index (κ2) is 7.63. The molecule has 0 bridgehead atoms. The summed E-state index contributed by atoms with van der Waals surface area (Å²) in [6.45, 7) is 1.12. The standard InChI is InChI=1S/C18H20FN3O4/c19-14-4-2-1-3-13(14)11-17(25)20-7-9-21(10-8-20)18(26)12-22-15(23)5-6-16(22)24/h1-4H,5-12H2. The fraction of sp³-hybridized carbons (Fsp3) is 0.444. The SMILES string of the molecule is O=C(Cc1ccccc1F)N1CCN(C(=O)CN2C(=O)CCC2=O)CC1. The average Bonchev–Trinajstić information content (AvgIpc) is 2.95. The van der Waals surface area contributed by atoms with Crippen molar-refractivity contribution in [1.29, 1.82) is 0 Å². The Morgan fingerprint density at radius 2 is 1.42 bits per heavy atom. The molecular weight excluding hydrogens is 341 g/mol. The van der Waals surface area contributed by atoms with E-state index in [1.807, 2.05) is 0 Å². The van der Waals surface area contributed by atoms with Crippen molar-refractivity contribution in [2.75, 3.05) is 32.7 Å². The van der Waals surface area contributed by atoms with Crippen LogP contribution in [0.4, 0.5) is 4.39 Å². The highest BCUT2D eigenvalue weighted by atomic mass is 19.1. The predicted octanol–water partition coefficient (Wildman–Crippen LogP) is 0.188. The van der Waals surface area contributed by atoms with Crippen LogP contribution in [0.15, 0.2) is 24.3 Å². The maximum atomic E-state index is 13.7. The first-order valence-electron chi connectivity index (χ1n) is 8.58. The van der Waals surface area contributed by atoms with Gasteiger partial charge < -0.3 is 9.80 Å². The highest BCUT2D eigenvalue weighted by Crippen LogP contribution is 2.13. The van der Waals surface area contributed by atoms with E-state index in [9.17, 15) is 23.6 Å². The summed E-state index contributed by atoms with van der Waals surface area (Å²) in [5.74, 6) is -1.53. The topological polar surface area (TPSA) is 78.0 Å². The molecule has 8 heteroatoms. The first-order chi connectivity index (χ1) is 12.5. The van der Waals surface area contributed by atoms with E-state index in [2.05, 4.69) is 0 Å². The summed E-state index contributed by atoms with van der Waals surface area (Å²) >= 11 is 0. The van der Waals surface area contributed by atoms with Crippen LogP contribution < -0.4 is 0 Å². The Morgan fingerprint density at radius 1 is 0.885 bits per heavy atom. The maximum Gasteiger partial charge on any atom is 0.242 e. The van der Waals surface area contributed by atoms with Crippen LogP contribution in [0, 0.1) is 5.82 Å². The molecule has 0 radical (unpaired) electrons. The first kappa shape index (κ1) is 18.0. The van der Waals surface area contributed by atoms with Crippen LogP contribution in [-0.4, -0.2) is 71.1 Å². The van der Waals surface area contributed by atoms with Crippen molar-refractivity contribution in [2.24, 2.45) is 0 Å². The molecule has 0 N–H and O–H groups in total. The minimum Gasteiger partial charge on any atom is -0.339 e. The number of halogens is 1. The molecular formula is C18H20FN3O4. The van der Waals surface area contributed by atoms with Gasteiger partial charge in [-0.2, -0.15) is 0 Å². The fourth-order valence-corrected chi connectivity index (χ4v) is 3.16. The number of hydrogen-bond acceptors (Lipinski definition) is 4. The Labute approximate surface area is 150 Å². The lowest BCUT2D eigenvalue weighted by Crippen LogP contribution is -2.53. The van der Waals surface area contributed by atoms with Gasteiger partial charge in [0.1, 0.15) is 12.4 Å². The second-order valence-electron chi connectivity index (χ2n) is 6.40. The lowest BCUT2D eigenvalue weighted by Gasteiger charge is -2.35. The highest BCUT2D eigenvalue weighted by molar-refractivity contribution is 6.04. The zero-order chi connectivity index (χ0) is 18.7. The Hall–Kier alpha value is -2.77. The molecule has 0 saturated carbocycles. The normalized spacial score (nSPS) is 17.8. The van der Waals surface area contributed by atoms with Gasteiger partial charge >= 0.3 is 0 Å². The number of amides is 4. The quantitative estimate of drug-likeness (QED) is 0.717. The van der Waals surface area contributed by atoms with Gasteiger partial charge in [-0.05, 0) is 11.6 Å². The number of likely N-dealkylation sites (tertiary alicyclic amines) is 1. The molecule has 3 rings (SSSR count). The Balaban J connectivity index is 1.50. The van der Waals surface area contributed by atoms with E-state index in [1.165, 1.54) is 6.07 Å². The number of rotatable bonds is 4. The van der Waals surface area contributed by atoms with Gasteiger partial charge in [-0.15, -0.1) is 0 Å². The third kappa shape index (κ3) is 3.89. The molecule has 2 heterocycles. The van der Waals surface area contributed by atoms with Crippen LogP contribution in [0.1, 0.15) is 18.4 Å². The average molecular weight is 361 g/mol. The van der Waals surface area contributed by atoms with Crippen molar-refractivity contribution >= 4 is 23.6 Å². The van der Waals surface area contributed by atoms with Crippen LogP contribution in [0.5, 0.6) is 0 Å². The van der Waals surface area contributed by atoms with Gasteiger partial charge in [0.15, 0.2) is 0 Å². The summed E-state index contributed by atoms with van der Waals surface area (Å²) in [6.07, 6.45) is 0.298. The number of nitrogens with zero attached hydrogens (tertiary/aromatic N) is 3. The summed E-state index contributed by atoms with van der Waals surface area (Å²) in [4.78, 5) is 51.9. The number of carbonyl (C=O) groups is 4. The Morgan fingerprint density at radius 3 is 2.00 bits per heavy atom. The zero-order valence-electron chi connectivity index (χ0n) is 14.3. The Bertz CT molecular complexity index is 728. The van der Waals surface area contributed by atoms with E-state index in [0.29, 0.717) is 31.7 Å². The summed E-state index contributed by atoms with van der Waals surface area (Å²) in [6, 6.07) is 6.16. The fourth-order valence-electron chi connectivity index (χ4n) is 3.16. The van der Waals surface area contributed by atoms with Crippen molar-refractivity contribution < 1.29 is 23.6 Å². The van der Waals surface area contributed by atoms with Crippen LogP contribution in [0.2, 0.25) is 0 Å². The molecule has 1 aromatic rings. The van der Waals surface area contributed by atoms with Gasteiger partial charge in [-0.1, -0.05) is 18.2 Å². The number of imide groups is 1. The molecule has 138 valence electrons. The minimum atomic E-state index is -0.408. The smallest absolute Gasteiger partial charge is 0.242 e. The van der Waals surface area contributed by atoms with Crippen LogP contribution in [-0.2, 0) is 25.6 Å². The van der Waals surface area contributed by atoms with Crippen molar-refractivity contribution in [2.45, 2.75) is 19.3 Å². The van der Waals surface area contributed by atoms with Gasteiger partial charge in [0.25, 0.3) is 0 Å². The van der Waals surface area contributed by atoms with E-state index in [-0.39, 0.29) is 49.4 Å². The lowest BCUT2D eigenvalue weighted by atomic mass is 10.1. The number of benzene rings is 1. The highest BCUT2D eigenvalue weighted by Gasteiger charge is 2.33. The van der Waals surface area contributed by atoms with Gasteiger partial charge in [0.05, 0.1) is 6.42 Å². The molecule has 0 unspecified atom stereocenters. The van der Waals surface area contributed by atoms with E-state index in [1.54, 1.807) is 28.0 Å². The second-order valence-corrected chi connectivity index (χ2v) is 6.40. The van der Waals surface area contributed by atoms with E-state index >= 15 is 0 Å². The summed E-state index contributed by atoms with van der Waals surface area (Å²) < 4.78 is 13.7. The lowest BCUT2D eigenvalue weighted by molar-refractivity contribution is -0.147. The molecule has 2 aliphatic rings. The van der Waals surface area contributed by atoms with Gasteiger partial charge in [0.2, 0.25) is 23.6 Å². The zero-order valence-corrected chi connectivity index (χ0v) is 14.3. The first-order valence-corrected chi connectivity index (χ1v) is 8.58. The van der Waals surface area contributed by atoms with Gasteiger partial charge in [-0.3, -0.25) is 24.1 Å². The number of carbonyl (C=O) groups excluding carboxylic acids is 4. The molecule has 26 heavy (non-hydrogen) atoms. The van der Waals surface area contributed by atoms with Crippen molar-refractivity contribution in [1.82, 2.24) is 14.7 Å². The molecule has 1 aromatic carbocycles. The third-order valence-corrected chi connectivity index (χ3v) is 4.73. The van der Waals surface area contributed by atoms with E-state index in [4.69, 9.17) is 0 Å². The summed E-state index contributed by atoms with van der Waals surface area (Å²) in [5, 5.41) is 0. The van der Waals surface area contributed by atoms with Gasteiger partial charge in [0, 0.05) is 39.0 Å². The monoisotopic (exact) mass is 361 g/mol. The van der Waals surface area contributed by atoms with Crippen molar-refractivity contribution in [3.63, 3.8) is 0 Å². The van der Waals surface area contributed by atoms with Crippen LogP contribution in [0.25, 0.3) is 0 Å². The number of piperazine rings is 1. The molecule has 7 nitrogen and oxygen atoms in total. The molecule has 0 atom stereocenters. The van der Waals surface area contributed by atoms with Crippen molar-refractivity contribution in [3.05, 3.63) is 35.6 Å². The molecule has 0 spiro atoms. The molecule has 2 aliphatic heterocycles. The van der Waals surface area contributed by atoms with Crippen LogP contribution in [0.3, 0.4) is 0 Å². The largest absolute Gasteiger partial charge is 0.339 e. The van der Waals surface area contributed by atoms with Crippen molar-refractivity contribution in [3.8, 4) is 0 Å².